The van der Waals surface area contributed by atoms with Gasteiger partial charge in [0.15, 0.2) is 5.96 Å². The van der Waals surface area contributed by atoms with Crippen molar-refractivity contribution in [2.45, 2.75) is 6.42 Å². The first-order chi connectivity index (χ1) is 7.11. The van der Waals surface area contributed by atoms with Crippen molar-refractivity contribution < 1.29 is 4.42 Å². The lowest BCUT2D eigenvalue weighted by Crippen LogP contribution is -2.35. The molecule has 0 radical (unpaired) electrons. The van der Waals surface area contributed by atoms with Gasteiger partial charge in [-0.2, -0.15) is 0 Å². The molecule has 1 heterocycles. The molecule has 0 fully saturated rings. The van der Waals surface area contributed by atoms with Crippen molar-refractivity contribution in [1.82, 2.24) is 9.80 Å². The van der Waals surface area contributed by atoms with Crippen molar-refractivity contribution in [3.63, 3.8) is 0 Å². The van der Waals surface area contributed by atoms with Crippen molar-refractivity contribution in [3.05, 3.63) is 24.2 Å². The lowest BCUT2D eigenvalue weighted by atomic mass is 10.3. The van der Waals surface area contributed by atoms with Crippen molar-refractivity contribution >= 4 is 5.96 Å². The summed E-state index contributed by atoms with van der Waals surface area (Å²) < 4.78 is 5.24. The van der Waals surface area contributed by atoms with Crippen LogP contribution in [0.2, 0.25) is 0 Å². The second kappa shape index (κ2) is 5.44. The maximum Gasteiger partial charge on any atom is 0.195 e. The standard InChI is InChI=1S/C11H19N3O/c1-13(2)11(14(3)4)12-8-7-10-6-5-9-15-10/h5-6,9H,7-8H2,1-4H3. The van der Waals surface area contributed by atoms with Crippen LogP contribution >= 0.6 is 0 Å². The largest absolute Gasteiger partial charge is 0.469 e. The zero-order valence-electron chi connectivity index (χ0n) is 9.90. The third-order valence-corrected chi connectivity index (χ3v) is 1.99. The van der Waals surface area contributed by atoms with E-state index < -0.39 is 0 Å². The topological polar surface area (TPSA) is 32.0 Å². The minimum Gasteiger partial charge on any atom is -0.469 e. The minimum absolute atomic E-state index is 0.749. The second-order valence-corrected chi connectivity index (χ2v) is 3.80. The molecule has 0 aliphatic heterocycles. The van der Waals surface area contributed by atoms with Crippen LogP contribution < -0.4 is 0 Å². The van der Waals surface area contributed by atoms with Gasteiger partial charge in [0, 0.05) is 41.2 Å². The van der Waals surface area contributed by atoms with E-state index in [1.807, 2.05) is 50.1 Å². The summed E-state index contributed by atoms with van der Waals surface area (Å²) in [6.45, 7) is 0.749. The van der Waals surface area contributed by atoms with Gasteiger partial charge in [-0.3, -0.25) is 4.99 Å². The van der Waals surface area contributed by atoms with E-state index in [9.17, 15) is 0 Å². The summed E-state index contributed by atoms with van der Waals surface area (Å²) in [4.78, 5) is 8.51. The molecule has 1 aromatic rings. The number of hydrogen-bond donors (Lipinski definition) is 0. The predicted molar refractivity (Wildman–Crippen MR) is 62.1 cm³/mol. The summed E-state index contributed by atoms with van der Waals surface area (Å²) in [7, 11) is 7.97. The molecule has 4 heteroatoms. The molecule has 0 aliphatic carbocycles. The summed E-state index contributed by atoms with van der Waals surface area (Å²) in [5.74, 6) is 1.96. The Morgan fingerprint density at radius 3 is 2.40 bits per heavy atom. The summed E-state index contributed by atoms with van der Waals surface area (Å²) in [6, 6.07) is 3.87. The molecule has 15 heavy (non-hydrogen) atoms. The maximum absolute atomic E-state index is 5.24. The highest BCUT2D eigenvalue weighted by atomic mass is 16.3. The fourth-order valence-electron chi connectivity index (χ4n) is 1.40. The Hall–Kier alpha value is -1.45. The number of hydrogen-bond acceptors (Lipinski definition) is 2. The fourth-order valence-corrected chi connectivity index (χ4v) is 1.40. The van der Waals surface area contributed by atoms with Crippen LogP contribution in [0, 0.1) is 0 Å². The van der Waals surface area contributed by atoms with Crippen LogP contribution in [0.5, 0.6) is 0 Å². The lowest BCUT2D eigenvalue weighted by Gasteiger charge is -2.22. The molecule has 0 aliphatic rings. The Bertz CT molecular complexity index is 292. The van der Waals surface area contributed by atoms with Gasteiger partial charge in [0.25, 0.3) is 0 Å². The molecule has 1 aromatic heterocycles. The van der Waals surface area contributed by atoms with Gasteiger partial charge in [0.05, 0.1) is 6.26 Å². The molecule has 4 nitrogen and oxygen atoms in total. The van der Waals surface area contributed by atoms with Crippen LogP contribution in [0.4, 0.5) is 0 Å². The molecular formula is C11H19N3O. The quantitative estimate of drug-likeness (QED) is 0.555. The van der Waals surface area contributed by atoms with Gasteiger partial charge in [-0.25, -0.2) is 0 Å². The molecule has 0 atom stereocenters. The lowest BCUT2D eigenvalue weighted by molar-refractivity contribution is 0.475. The van der Waals surface area contributed by atoms with E-state index in [0.717, 1.165) is 24.7 Å². The molecular weight excluding hydrogens is 190 g/mol. The molecule has 1 rings (SSSR count). The summed E-state index contributed by atoms with van der Waals surface area (Å²) in [5.41, 5.74) is 0. The van der Waals surface area contributed by atoms with Gasteiger partial charge in [-0.1, -0.05) is 0 Å². The molecule has 0 aromatic carbocycles. The van der Waals surface area contributed by atoms with Crippen LogP contribution in [0.1, 0.15) is 5.76 Å². The first-order valence-electron chi connectivity index (χ1n) is 5.02. The minimum atomic E-state index is 0.749. The van der Waals surface area contributed by atoms with Gasteiger partial charge in [0.1, 0.15) is 5.76 Å². The predicted octanol–water partition coefficient (Wildman–Crippen LogP) is 1.30. The highest BCUT2D eigenvalue weighted by Crippen LogP contribution is 2.01. The third-order valence-electron chi connectivity index (χ3n) is 1.99. The van der Waals surface area contributed by atoms with Crippen molar-refractivity contribution in [2.75, 3.05) is 34.7 Å². The van der Waals surface area contributed by atoms with Crippen LogP contribution in [0.3, 0.4) is 0 Å². The second-order valence-electron chi connectivity index (χ2n) is 3.80. The Kier molecular flexibility index (Phi) is 4.21. The Balaban J connectivity index is 2.47. The first-order valence-corrected chi connectivity index (χ1v) is 5.02. The van der Waals surface area contributed by atoms with Crippen LogP contribution in [0.15, 0.2) is 27.8 Å². The van der Waals surface area contributed by atoms with Crippen LogP contribution in [0.25, 0.3) is 0 Å². The smallest absolute Gasteiger partial charge is 0.195 e. The van der Waals surface area contributed by atoms with E-state index >= 15 is 0 Å². The van der Waals surface area contributed by atoms with Crippen molar-refractivity contribution in [3.8, 4) is 0 Å². The fraction of sp³-hybridized carbons (Fsp3) is 0.545. The van der Waals surface area contributed by atoms with Gasteiger partial charge >= 0.3 is 0 Å². The maximum atomic E-state index is 5.24. The zero-order valence-corrected chi connectivity index (χ0v) is 9.90. The van der Waals surface area contributed by atoms with Crippen LogP contribution in [-0.4, -0.2) is 50.5 Å². The molecule has 0 bridgehead atoms. The normalized spacial score (nSPS) is 9.87. The number of nitrogens with zero attached hydrogens (tertiary/aromatic N) is 3. The molecule has 84 valence electrons. The van der Waals surface area contributed by atoms with E-state index in [0.29, 0.717) is 0 Å². The monoisotopic (exact) mass is 209 g/mol. The van der Waals surface area contributed by atoms with Crippen molar-refractivity contribution in [1.29, 1.82) is 0 Å². The Morgan fingerprint density at radius 1 is 1.27 bits per heavy atom. The average Bonchev–Trinajstić information content (AvgIpc) is 2.63. The highest BCUT2D eigenvalue weighted by Gasteiger charge is 2.03. The SMILES string of the molecule is CN(C)C(=NCCc1ccco1)N(C)C. The molecule has 0 amide bonds. The van der Waals surface area contributed by atoms with E-state index in [4.69, 9.17) is 4.42 Å². The van der Waals surface area contributed by atoms with Crippen molar-refractivity contribution in [2.24, 2.45) is 4.99 Å². The molecule has 0 saturated heterocycles. The van der Waals surface area contributed by atoms with Gasteiger partial charge < -0.3 is 14.2 Å². The Labute approximate surface area is 91.2 Å². The highest BCUT2D eigenvalue weighted by molar-refractivity contribution is 5.79. The summed E-state index contributed by atoms with van der Waals surface area (Å²) in [5, 5.41) is 0. The van der Waals surface area contributed by atoms with Gasteiger partial charge in [0.2, 0.25) is 0 Å². The summed E-state index contributed by atoms with van der Waals surface area (Å²) >= 11 is 0. The van der Waals surface area contributed by atoms with E-state index in [1.54, 1.807) is 6.26 Å². The number of guanidine groups is 1. The number of aliphatic imine (C=N–C) groups is 1. The van der Waals surface area contributed by atoms with Gasteiger partial charge in [-0.05, 0) is 12.1 Å². The van der Waals surface area contributed by atoms with Gasteiger partial charge in [-0.15, -0.1) is 0 Å². The molecule has 0 saturated carbocycles. The number of rotatable bonds is 3. The first kappa shape index (κ1) is 11.6. The molecule has 0 spiro atoms. The third kappa shape index (κ3) is 3.65. The van der Waals surface area contributed by atoms with E-state index in [2.05, 4.69) is 4.99 Å². The Morgan fingerprint density at radius 2 is 1.93 bits per heavy atom. The van der Waals surface area contributed by atoms with Crippen LogP contribution in [-0.2, 0) is 6.42 Å². The van der Waals surface area contributed by atoms with E-state index in [-0.39, 0.29) is 0 Å². The molecule has 0 N–H and O–H groups in total. The summed E-state index contributed by atoms with van der Waals surface area (Å²) in [6.07, 6.45) is 2.54. The average molecular weight is 209 g/mol. The van der Waals surface area contributed by atoms with E-state index in [1.165, 1.54) is 0 Å². The molecule has 0 unspecified atom stereocenters. The zero-order chi connectivity index (χ0) is 11.3. The number of furan rings is 1.